The van der Waals surface area contributed by atoms with E-state index in [-0.39, 0.29) is 17.7 Å². The summed E-state index contributed by atoms with van der Waals surface area (Å²) in [6, 6.07) is 8.14. The number of hydrogen-bond acceptors (Lipinski definition) is 4. The number of hydrogen-bond donors (Lipinski definition) is 2. The van der Waals surface area contributed by atoms with Crippen LogP contribution in [0.25, 0.3) is 0 Å². The van der Waals surface area contributed by atoms with Crippen LogP contribution in [0.15, 0.2) is 24.3 Å². The Labute approximate surface area is 155 Å². The van der Waals surface area contributed by atoms with Crippen molar-refractivity contribution in [2.24, 2.45) is 5.92 Å². The summed E-state index contributed by atoms with van der Waals surface area (Å²) >= 11 is 0. The molecule has 2 fully saturated rings. The van der Waals surface area contributed by atoms with Gasteiger partial charge in [0.1, 0.15) is 0 Å². The number of carbonyl (C=O) groups is 2. The molecule has 2 aliphatic rings. The van der Waals surface area contributed by atoms with Crippen molar-refractivity contribution in [2.45, 2.75) is 26.2 Å². The molecule has 1 aromatic rings. The molecule has 0 radical (unpaired) electrons. The van der Waals surface area contributed by atoms with Crippen LogP contribution in [0.1, 0.15) is 25.3 Å². The predicted octanol–water partition coefficient (Wildman–Crippen LogP) is 1.01. The molecule has 0 bridgehead atoms. The highest BCUT2D eigenvalue weighted by Crippen LogP contribution is 2.25. The summed E-state index contributed by atoms with van der Waals surface area (Å²) in [6.45, 7) is 8.23. The summed E-state index contributed by atoms with van der Waals surface area (Å²) < 4.78 is 0. The zero-order valence-corrected chi connectivity index (χ0v) is 15.7. The van der Waals surface area contributed by atoms with Crippen molar-refractivity contribution in [1.29, 1.82) is 0 Å². The summed E-state index contributed by atoms with van der Waals surface area (Å²) in [5, 5.41) is 6.33. The predicted molar refractivity (Wildman–Crippen MR) is 103 cm³/mol. The number of anilines is 1. The molecule has 0 saturated carbocycles. The van der Waals surface area contributed by atoms with E-state index in [0.717, 1.165) is 51.3 Å². The third-order valence-corrected chi connectivity index (χ3v) is 5.22. The van der Waals surface area contributed by atoms with Crippen LogP contribution in [0.2, 0.25) is 0 Å². The van der Waals surface area contributed by atoms with Crippen LogP contribution in [-0.4, -0.2) is 62.5 Å². The molecule has 2 amide bonds. The van der Waals surface area contributed by atoms with Gasteiger partial charge in [-0.1, -0.05) is 25.5 Å². The first-order valence-corrected chi connectivity index (χ1v) is 9.77. The highest BCUT2D eigenvalue weighted by Gasteiger charge is 2.34. The van der Waals surface area contributed by atoms with Crippen LogP contribution >= 0.6 is 0 Å². The van der Waals surface area contributed by atoms with Gasteiger partial charge in [0.15, 0.2) is 0 Å². The van der Waals surface area contributed by atoms with Crippen molar-refractivity contribution in [2.75, 3.05) is 50.7 Å². The minimum Gasteiger partial charge on any atom is -0.355 e. The van der Waals surface area contributed by atoms with E-state index in [2.05, 4.69) is 34.6 Å². The second kappa shape index (κ2) is 9.14. The van der Waals surface area contributed by atoms with E-state index in [1.165, 1.54) is 5.56 Å². The highest BCUT2D eigenvalue weighted by atomic mass is 16.2. The Morgan fingerprint density at radius 2 is 1.96 bits per heavy atom. The highest BCUT2D eigenvalue weighted by molar-refractivity contribution is 6.00. The Morgan fingerprint density at radius 3 is 2.65 bits per heavy atom. The van der Waals surface area contributed by atoms with Gasteiger partial charge < -0.3 is 15.5 Å². The van der Waals surface area contributed by atoms with E-state index in [0.29, 0.717) is 19.5 Å². The van der Waals surface area contributed by atoms with Gasteiger partial charge in [0, 0.05) is 57.9 Å². The molecule has 1 aromatic carbocycles. The normalized spacial score (nSPS) is 21.2. The number of nitrogens with zero attached hydrogens (tertiary/aromatic N) is 2. The van der Waals surface area contributed by atoms with Gasteiger partial charge in [-0.3, -0.25) is 14.5 Å². The van der Waals surface area contributed by atoms with Gasteiger partial charge in [0.25, 0.3) is 0 Å². The Kier molecular flexibility index (Phi) is 6.63. The summed E-state index contributed by atoms with van der Waals surface area (Å²) in [6.07, 6.45) is 2.46. The summed E-state index contributed by atoms with van der Waals surface area (Å²) in [5.74, 6) is -0.213. The van der Waals surface area contributed by atoms with E-state index in [1.54, 1.807) is 4.90 Å². The van der Waals surface area contributed by atoms with Crippen molar-refractivity contribution in [3.05, 3.63) is 29.8 Å². The molecule has 0 spiro atoms. The molecule has 1 atom stereocenters. The monoisotopic (exact) mass is 358 g/mol. The van der Waals surface area contributed by atoms with Crippen LogP contribution in [0.5, 0.6) is 0 Å². The molecule has 0 aliphatic carbocycles. The summed E-state index contributed by atoms with van der Waals surface area (Å²) in [7, 11) is 0. The van der Waals surface area contributed by atoms with Gasteiger partial charge in [-0.05, 0) is 24.1 Å². The van der Waals surface area contributed by atoms with Crippen LogP contribution in [0, 0.1) is 5.92 Å². The summed E-state index contributed by atoms with van der Waals surface area (Å²) in [4.78, 5) is 28.9. The van der Waals surface area contributed by atoms with Crippen molar-refractivity contribution >= 4 is 17.5 Å². The smallest absolute Gasteiger partial charge is 0.227 e. The Morgan fingerprint density at radius 1 is 1.23 bits per heavy atom. The van der Waals surface area contributed by atoms with Crippen LogP contribution in [-0.2, 0) is 16.0 Å². The van der Waals surface area contributed by atoms with Crippen molar-refractivity contribution in [3.8, 4) is 0 Å². The maximum atomic E-state index is 12.4. The topological polar surface area (TPSA) is 64.7 Å². The van der Waals surface area contributed by atoms with Crippen LogP contribution < -0.4 is 15.5 Å². The Balaban J connectivity index is 1.47. The Bertz CT molecular complexity index is 611. The van der Waals surface area contributed by atoms with Crippen molar-refractivity contribution < 1.29 is 9.59 Å². The molecule has 0 aromatic heterocycles. The standard InChI is InChI=1S/C20H30N4O2/c1-2-3-16-4-6-18(7-5-16)24-15-17(14-19(24)25)20(26)22-10-13-23-11-8-21-9-12-23/h4-7,17,21H,2-3,8-15H2,1H3,(H,22,26). The van der Waals surface area contributed by atoms with Gasteiger partial charge in [-0.25, -0.2) is 0 Å². The van der Waals surface area contributed by atoms with Crippen LogP contribution in [0.3, 0.4) is 0 Å². The van der Waals surface area contributed by atoms with Gasteiger partial charge in [0.2, 0.25) is 11.8 Å². The minimum absolute atomic E-state index is 0.00131. The van der Waals surface area contributed by atoms with E-state index in [4.69, 9.17) is 0 Å². The zero-order chi connectivity index (χ0) is 18.4. The molecule has 3 rings (SSSR count). The lowest BCUT2D eigenvalue weighted by atomic mass is 10.1. The van der Waals surface area contributed by atoms with Gasteiger partial charge in [0.05, 0.1) is 5.92 Å². The van der Waals surface area contributed by atoms with Crippen LogP contribution in [0.4, 0.5) is 5.69 Å². The molecule has 2 saturated heterocycles. The lowest BCUT2D eigenvalue weighted by Crippen LogP contribution is -2.46. The van der Waals surface area contributed by atoms with Crippen molar-refractivity contribution in [3.63, 3.8) is 0 Å². The van der Waals surface area contributed by atoms with E-state index < -0.39 is 0 Å². The molecule has 6 heteroatoms. The largest absolute Gasteiger partial charge is 0.355 e. The average molecular weight is 358 g/mol. The lowest BCUT2D eigenvalue weighted by molar-refractivity contribution is -0.126. The van der Waals surface area contributed by atoms with Gasteiger partial charge in [-0.15, -0.1) is 0 Å². The third-order valence-electron chi connectivity index (χ3n) is 5.22. The van der Waals surface area contributed by atoms with Gasteiger partial charge in [-0.2, -0.15) is 0 Å². The fraction of sp³-hybridized carbons (Fsp3) is 0.600. The molecule has 2 aliphatic heterocycles. The quantitative estimate of drug-likeness (QED) is 0.764. The molecule has 1 unspecified atom stereocenters. The number of nitrogens with one attached hydrogen (secondary N) is 2. The number of rotatable bonds is 7. The molecule has 2 heterocycles. The fourth-order valence-electron chi connectivity index (χ4n) is 3.68. The van der Waals surface area contributed by atoms with E-state index >= 15 is 0 Å². The number of piperazine rings is 1. The van der Waals surface area contributed by atoms with Crippen molar-refractivity contribution in [1.82, 2.24) is 15.5 Å². The lowest BCUT2D eigenvalue weighted by Gasteiger charge is -2.27. The molecule has 142 valence electrons. The third kappa shape index (κ3) is 4.83. The molecule has 26 heavy (non-hydrogen) atoms. The maximum absolute atomic E-state index is 12.4. The first-order chi connectivity index (χ1) is 12.7. The van der Waals surface area contributed by atoms with Gasteiger partial charge >= 0.3 is 0 Å². The zero-order valence-electron chi connectivity index (χ0n) is 15.7. The number of amides is 2. The number of carbonyl (C=O) groups excluding carboxylic acids is 2. The average Bonchev–Trinajstić information content (AvgIpc) is 3.05. The summed E-state index contributed by atoms with van der Waals surface area (Å²) in [5.41, 5.74) is 2.18. The fourth-order valence-corrected chi connectivity index (χ4v) is 3.68. The number of benzene rings is 1. The van der Waals surface area contributed by atoms with E-state index in [1.807, 2.05) is 12.1 Å². The second-order valence-corrected chi connectivity index (χ2v) is 7.20. The van der Waals surface area contributed by atoms with E-state index in [9.17, 15) is 9.59 Å². The molecular formula is C20H30N4O2. The Hall–Kier alpha value is -1.92. The molecule has 6 nitrogen and oxygen atoms in total. The second-order valence-electron chi connectivity index (χ2n) is 7.20. The maximum Gasteiger partial charge on any atom is 0.227 e. The first kappa shape index (κ1) is 18.9. The number of aryl methyl sites for hydroxylation is 1. The first-order valence-electron chi connectivity index (χ1n) is 9.77. The SMILES string of the molecule is CCCc1ccc(N2CC(C(=O)NCCN3CCNCC3)CC2=O)cc1. The molecule has 2 N–H and O–H groups in total. The minimum atomic E-state index is -0.249. The molecular weight excluding hydrogens is 328 g/mol.